The van der Waals surface area contributed by atoms with Crippen LogP contribution in [0.25, 0.3) is 23.3 Å². The summed E-state index contributed by atoms with van der Waals surface area (Å²) >= 11 is 0. The smallest absolute Gasteiger partial charge is 0.298 e. The third kappa shape index (κ3) is 7.25. The van der Waals surface area contributed by atoms with E-state index < -0.39 is 30.0 Å². The molecule has 0 radical (unpaired) electrons. The SMILES string of the molecule is CC/C=c1\ccc2c(c1S(=O)(=O)O)Oc1c(c(-c3ccccc3C(=O)N(C)CCCC(=O)C(C)C)cc(CCC)c1S(=O)(=O)O)C=2. The molecular weight excluding hydrogens is 631 g/mol. The Bertz CT molecular complexity index is 2030. The summed E-state index contributed by atoms with van der Waals surface area (Å²) in [5.74, 6) is -0.880. The zero-order chi connectivity index (χ0) is 34.0. The summed E-state index contributed by atoms with van der Waals surface area (Å²) in [6.07, 6.45) is 5.09. The van der Waals surface area contributed by atoms with E-state index in [9.17, 15) is 35.5 Å². The number of benzene rings is 3. The lowest BCUT2D eigenvalue weighted by molar-refractivity contribution is -0.122. The van der Waals surface area contributed by atoms with Gasteiger partial charge in [-0.2, -0.15) is 16.8 Å². The van der Waals surface area contributed by atoms with Gasteiger partial charge in [0.2, 0.25) is 0 Å². The number of rotatable bonds is 12. The molecule has 3 aromatic carbocycles. The van der Waals surface area contributed by atoms with Gasteiger partial charge in [-0.05, 0) is 59.4 Å². The predicted octanol–water partition coefficient (Wildman–Crippen LogP) is 5.00. The Morgan fingerprint density at radius 2 is 1.61 bits per heavy atom. The maximum Gasteiger partial charge on any atom is 0.298 e. The van der Waals surface area contributed by atoms with Crippen molar-refractivity contribution < 1.29 is 40.3 Å². The van der Waals surface area contributed by atoms with Crippen LogP contribution in [-0.2, 0) is 31.5 Å². The van der Waals surface area contributed by atoms with Crippen molar-refractivity contribution in [3.05, 3.63) is 69.6 Å². The molecule has 46 heavy (non-hydrogen) atoms. The van der Waals surface area contributed by atoms with Gasteiger partial charge in [0.1, 0.15) is 15.6 Å². The summed E-state index contributed by atoms with van der Waals surface area (Å²) in [4.78, 5) is 26.4. The fourth-order valence-corrected chi connectivity index (χ4v) is 7.34. The number of aryl methyl sites for hydroxylation is 1. The van der Waals surface area contributed by atoms with Crippen LogP contribution in [-0.4, -0.2) is 56.1 Å². The van der Waals surface area contributed by atoms with Crippen molar-refractivity contribution in [1.29, 1.82) is 0 Å². The molecule has 246 valence electrons. The summed E-state index contributed by atoms with van der Waals surface area (Å²) in [7, 11) is -8.09. The minimum absolute atomic E-state index is 0.0931. The lowest BCUT2D eigenvalue weighted by Crippen LogP contribution is -2.29. The molecule has 0 unspecified atom stereocenters. The van der Waals surface area contributed by atoms with Crippen LogP contribution in [0, 0.1) is 5.92 Å². The quantitative estimate of drug-likeness (QED) is 0.198. The summed E-state index contributed by atoms with van der Waals surface area (Å²) < 4.78 is 77.7. The van der Waals surface area contributed by atoms with Gasteiger partial charge >= 0.3 is 0 Å². The second kappa shape index (κ2) is 13.9. The molecule has 4 rings (SSSR count). The van der Waals surface area contributed by atoms with Gasteiger partial charge in [-0.15, -0.1) is 0 Å². The van der Waals surface area contributed by atoms with E-state index in [2.05, 4.69) is 0 Å². The average Bonchev–Trinajstić information content (AvgIpc) is 2.98. The number of ketones is 1. The van der Waals surface area contributed by atoms with E-state index in [1.54, 1.807) is 56.4 Å². The van der Waals surface area contributed by atoms with Crippen LogP contribution in [0.5, 0.6) is 11.5 Å². The highest BCUT2D eigenvalue weighted by molar-refractivity contribution is 7.86. The summed E-state index contributed by atoms with van der Waals surface area (Å²) in [6, 6.07) is 11.5. The minimum atomic E-state index is -4.90. The van der Waals surface area contributed by atoms with Crippen molar-refractivity contribution >= 4 is 44.1 Å². The van der Waals surface area contributed by atoms with Crippen molar-refractivity contribution in [2.75, 3.05) is 13.6 Å². The number of amides is 1. The van der Waals surface area contributed by atoms with E-state index in [1.165, 1.54) is 17.0 Å². The summed E-state index contributed by atoms with van der Waals surface area (Å²) in [6.45, 7) is 7.62. The van der Waals surface area contributed by atoms with Gasteiger partial charge in [0.15, 0.2) is 11.5 Å². The molecule has 0 spiro atoms. The Morgan fingerprint density at radius 3 is 2.22 bits per heavy atom. The van der Waals surface area contributed by atoms with E-state index in [0.717, 1.165) is 0 Å². The number of ether oxygens (including phenoxy) is 1. The van der Waals surface area contributed by atoms with Crippen molar-refractivity contribution in [3.8, 4) is 22.6 Å². The van der Waals surface area contributed by atoms with Crippen LogP contribution < -0.4 is 15.2 Å². The molecule has 12 heteroatoms. The van der Waals surface area contributed by atoms with Crippen LogP contribution in [0.15, 0.2) is 52.3 Å². The molecule has 0 aliphatic carbocycles. The van der Waals surface area contributed by atoms with Crippen molar-refractivity contribution in [3.63, 3.8) is 0 Å². The van der Waals surface area contributed by atoms with E-state index in [4.69, 9.17) is 4.74 Å². The second-order valence-electron chi connectivity index (χ2n) is 11.6. The van der Waals surface area contributed by atoms with Gasteiger partial charge in [0, 0.05) is 42.3 Å². The molecule has 1 heterocycles. The molecule has 1 amide bonds. The Kier molecular flexibility index (Phi) is 10.6. The molecule has 3 aromatic rings. The summed E-state index contributed by atoms with van der Waals surface area (Å²) in [5.41, 5.74) is 1.63. The molecule has 0 fully saturated rings. The maximum atomic E-state index is 13.8. The first-order chi connectivity index (χ1) is 21.6. The Labute approximate surface area is 269 Å². The third-order valence-corrected chi connectivity index (χ3v) is 9.74. The molecule has 0 saturated carbocycles. The van der Waals surface area contributed by atoms with Crippen LogP contribution in [0.1, 0.15) is 74.9 Å². The molecule has 0 atom stereocenters. The van der Waals surface area contributed by atoms with Gasteiger partial charge in [0.25, 0.3) is 26.1 Å². The minimum Gasteiger partial charge on any atom is -0.453 e. The number of carbonyl (C=O) groups excluding carboxylic acids is 2. The Morgan fingerprint density at radius 1 is 0.935 bits per heavy atom. The number of carbonyl (C=O) groups is 2. The van der Waals surface area contributed by atoms with Crippen LogP contribution in [0.3, 0.4) is 0 Å². The Hall–Kier alpha value is -3.84. The van der Waals surface area contributed by atoms with Gasteiger partial charge in [-0.1, -0.05) is 70.5 Å². The second-order valence-corrected chi connectivity index (χ2v) is 14.3. The first-order valence-corrected chi connectivity index (χ1v) is 18.0. The Balaban J connectivity index is 2.00. The molecular formula is C34H39NO9S2. The van der Waals surface area contributed by atoms with Crippen molar-refractivity contribution in [2.45, 2.75) is 69.6 Å². The highest BCUT2D eigenvalue weighted by Crippen LogP contribution is 2.44. The predicted molar refractivity (Wildman–Crippen MR) is 176 cm³/mol. The van der Waals surface area contributed by atoms with Crippen molar-refractivity contribution in [1.82, 2.24) is 4.90 Å². The first-order valence-electron chi connectivity index (χ1n) is 15.1. The molecule has 1 aliphatic rings. The van der Waals surface area contributed by atoms with Crippen LogP contribution in [0.4, 0.5) is 0 Å². The fourth-order valence-electron chi connectivity index (χ4n) is 5.62. The van der Waals surface area contributed by atoms with Crippen LogP contribution in [0.2, 0.25) is 0 Å². The first kappa shape index (κ1) is 35.0. The molecule has 2 N–H and O–H groups in total. The fraction of sp³-hybridized carbons (Fsp3) is 0.353. The monoisotopic (exact) mass is 669 g/mol. The average molecular weight is 670 g/mol. The maximum absolute atomic E-state index is 13.8. The van der Waals surface area contributed by atoms with E-state index >= 15 is 0 Å². The van der Waals surface area contributed by atoms with E-state index in [-0.39, 0.29) is 57.1 Å². The topological polar surface area (TPSA) is 155 Å². The highest BCUT2D eigenvalue weighted by atomic mass is 32.2. The molecule has 0 saturated heterocycles. The molecule has 0 aromatic heterocycles. The van der Waals surface area contributed by atoms with Gasteiger partial charge in [-0.3, -0.25) is 18.7 Å². The standard InChI is InChI=1S/C34H39NO9S2/c1-6-11-22-16-17-23-19-28-27(25-13-8-9-14-26(25)34(37)35(5)18-10-15-29(36)21(3)4)20-24(12-7-2)33(46(41,42)43)31(28)44-30(23)32(22)45(38,39)40/h8-9,11,13-14,16-17,19-21H,6-7,10,12,15,18H2,1-5H3,(H,38,39,40)(H,41,42,43)/b22-11+. The van der Waals surface area contributed by atoms with Gasteiger partial charge in [-0.25, -0.2) is 0 Å². The molecule has 1 aliphatic heterocycles. The van der Waals surface area contributed by atoms with Gasteiger partial charge < -0.3 is 9.64 Å². The number of Topliss-reactive ketones (excluding diaryl/α,β-unsaturated/α-hetero) is 1. The highest BCUT2D eigenvalue weighted by Gasteiger charge is 2.33. The van der Waals surface area contributed by atoms with Crippen LogP contribution >= 0.6 is 0 Å². The number of fused-ring (bicyclic) bond motifs is 2. The molecule has 10 nitrogen and oxygen atoms in total. The zero-order valence-electron chi connectivity index (χ0n) is 26.5. The van der Waals surface area contributed by atoms with Crippen molar-refractivity contribution in [2.24, 2.45) is 5.92 Å². The normalized spacial score (nSPS) is 13.1. The zero-order valence-corrected chi connectivity index (χ0v) is 28.2. The number of nitrogens with zero attached hydrogens (tertiary/aromatic N) is 1. The third-order valence-electron chi connectivity index (χ3n) is 7.84. The van der Waals surface area contributed by atoms with Gasteiger partial charge in [0.05, 0.1) is 0 Å². The lowest BCUT2D eigenvalue weighted by atomic mass is 9.90. The van der Waals surface area contributed by atoms with E-state index in [0.29, 0.717) is 48.9 Å². The number of hydrogen-bond acceptors (Lipinski definition) is 7. The van der Waals surface area contributed by atoms with E-state index in [1.807, 2.05) is 20.8 Å². The molecule has 0 bridgehead atoms. The summed E-state index contributed by atoms with van der Waals surface area (Å²) in [5, 5.41) is 0.419. The number of hydrogen-bond donors (Lipinski definition) is 2. The largest absolute Gasteiger partial charge is 0.453 e. The lowest BCUT2D eigenvalue weighted by Gasteiger charge is -2.25.